The number of nitrogens with zero attached hydrogens (tertiary/aromatic N) is 1. The summed E-state index contributed by atoms with van der Waals surface area (Å²) in [6, 6.07) is 10.1. The molecule has 0 aliphatic rings. The fraction of sp³-hybridized carbons (Fsp3) is 0.0714. The second-order valence-electron chi connectivity index (χ2n) is 4.57. The van der Waals surface area contributed by atoms with Crippen LogP contribution in [0, 0.1) is 5.82 Å². The van der Waals surface area contributed by atoms with Gasteiger partial charge in [0.15, 0.2) is 10.4 Å². The molecular formula is C14H10BrFN2O4S. The van der Waals surface area contributed by atoms with Crippen molar-refractivity contribution in [2.45, 2.75) is 11.6 Å². The largest absolute Gasteiger partial charge is 0.437 e. The highest BCUT2D eigenvalue weighted by Gasteiger charge is 2.19. The van der Waals surface area contributed by atoms with Crippen LogP contribution in [0.25, 0.3) is 11.3 Å². The average molecular weight is 401 g/mol. The van der Waals surface area contributed by atoms with Crippen LogP contribution < -0.4 is 4.72 Å². The van der Waals surface area contributed by atoms with Crippen molar-refractivity contribution in [3.05, 3.63) is 58.6 Å². The Kier molecular flexibility index (Phi) is 4.33. The zero-order chi connectivity index (χ0) is 16.4. The van der Waals surface area contributed by atoms with Gasteiger partial charge in [-0.25, -0.2) is 17.5 Å². The molecular weight excluding hydrogens is 391 g/mol. The summed E-state index contributed by atoms with van der Waals surface area (Å²) in [7, 11) is -3.78. The van der Waals surface area contributed by atoms with Gasteiger partial charge in [-0.05, 0) is 52.3 Å². The molecule has 0 bridgehead atoms. The van der Waals surface area contributed by atoms with Gasteiger partial charge in [0.2, 0.25) is 5.09 Å². The summed E-state index contributed by atoms with van der Waals surface area (Å²) in [6.45, 7) is -0.0641. The van der Waals surface area contributed by atoms with Crippen molar-refractivity contribution in [3.63, 3.8) is 0 Å². The van der Waals surface area contributed by atoms with Crippen LogP contribution in [0.2, 0.25) is 0 Å². The first-order valence-electron chi connectivity index (χ1n) is 6.40. The lowest BCUT2D eigenvalue weighted by atomic mass is 10.1. The van der Waals surface area contributed by atoms with Gasteiger partial charge in [-0.15, -0.1) is 0 Å². The van der Waals surface area contributed by atoms with Gasteiger partial charge >= 0.3 is 0 Å². The third-order valence-electron chi connectivity index (χ3n) is 2.94. The zero-order valence-corrected chi connectivity index (χ0v) is 13.9. The summed E-state index contributed by atoms with van der Waals surface area (Å²) in [5.74, 6) is 0.0609. The maximum absolute atomic E-state index is 12.9. The smallest absolute Gasteiger partial charge is 0.274 e. The number of nitrogens with one attached hydrogen (secondary N) is 1. The van der Waals surface area contributed by atoms with Gasteiger partial charge < -0.3 is 8.94 Å². The molecule has 0 aliphatic carbocycles. The molecule has 6 nitrogen and oxygen atoms in total. The van der Waals surface area contributed by atoms with Gasteiger partial charge in [0.05, 0.1) is 12.2 Å². The number of aromatic nitrogens is 1. The van der Waals surface area contributed by atoms with E-state index in [9.17, 15) is 12.8 Å². The molecule has 1 aromatic carbocycles. The van der Waals surface area contributed by atoms with Gasteiger partial charge in [-0.3, -0.25) is 0 Å². The lowest BCUT2D eigenvalue weighted by molar-refractivity contribution is 0.418. The molecule has 0 amide bonds. The van der Waals surface area contributed by atoms with Gasteiger partial charge in [-0.1, -0.05) is 5.16 Å². The normalized spacial score (nSPS) is 11.7. The quantitative estimate of drug-likeness (QED) is 0.709. The molecule has 2 aromatic heterocycles. The maximum Gasteiger partial charge on any atom is 0.274 e. The fourth-order valence-corrected chi connectivity index (χ4v) is 3.17. The average Bonchev–Trinajstić information content (AvgIpc) is 3.15. The van der Waals surface area contributed by atoms with E-state index in [1.807, 2.05) is 0 Å². The van der Waals surface area contributed by atoms with Crippen molar-refractivity contribution >= 4 is 26.0 Å². The number of halogens is 2. The molecule has 0 aliphatic heterocycles. The van der Waals surface area contributed by atoms with Crippen molar-refractivity contribution in [2.24, 2.45) is 0 Å². The van der Waals surface area contributed by atoms with Crippen LogP contribution in [0.1, 0.15) is 5.69 Å². The summed E-state index contributed by atoms with van der Waals surface area (Å²) in [6.07, 6.45) is 0. The SMILES string of the molecule is O=S(=O)(NCc1cc(-c2ccc(F)cc2)on1)c1ccc(Br)o1. The minimum Gasteiger partial charge on any atom is -0.437 e. The van der Waals surface area contributed by atoms with Crippen molar-refractivity contribution in [1.82, 2.24) is 9.88 Å². The topological polar surface area (TPSA) is 85.3 Å². The predicted octanol–water partition coefficient (Wildman–Crippen LogP) is 3.31. The van der Waals surface area contributed by atoms with Crippen LogP contribution in [0.5, 0.6) is 0 Å². The second-order valence-corrected chi connectivity index (χ2v) is 7.05. The summed E-state index contributed by atoms with van der Waals surface area (Å²) >= 11 is 3.04. The first-order valence-corrected chi connectivity index (χ1v) is 8.68. The molecule has 0 unspecified atom stereocenters. The molecule has 1 N–H and O–H groups in total. The van der Waals surface area contributed by atoms with Gasteiger partial charge in [0, 0.05) is 11.6 Å². The summed E-state index contributed by atoms with van der Waals surface area (Å²) in [5.41, 5.74) is 1.03. The van der Waals surface area contributed by atoms with Crippen molar-refractivity contribution in [1.29, 1.82) is 0 Å². The molecule has 23 heavy (non-hydrogen) atoms. The number of benzene rings is 1. The number of furan rings is 1. The lowest BCUT2D eigenvalue weighted by Crippen LogP contribution is -2.22. The third kappa shape index (κ3) is 3.69. The van der Waals surface area contributed by atoms with Gasteiger partial charge in [0.25, 0.3) is 10.0 Å². The van der Waals surface area contributed by atoms with Crippen molar-refractivity contribution in [3.8, 4) is 11.3 Å². The third-order valence-corrected chi connectivity index (χ3v) is 4.64. The Labute approximate surface area is 139 Å². The highest BCUT2D eigenvalue weighted by atomic mass is 79.9. The van der Waals surface area contributed by atoms with E-state index in [1.54, 1.807) is 18.2 Å². The molecule has 0 saturated heterocycles. The first kappa shape index (κ1) is 15.9. The Morgan fingerprint density at radius 2 is 1.91 bits per heavy atom. The number of hydrogen-bond donors (Lipinski definition) is 1. The molecule has 0 radical (unpaired) electrons. The Morgan fingerprint density at radius 3 is 2.57 bits per heavy atom. The first-order chi connectivity index (χ1) is 10.9. The Hall–Kier alpha value is -1.97. The van der Waals surface area contributed by atoms with Crippen molar-refractivity contribution in [2.75, 3.05) is 0 Å². The van der Waals surface area contributed by atoms with Crippen LogP contribution in [0.4, 0.5) is 4.39 Å². The fourth-order valence-electron chi connectivity index (χ4n) is 1.83. The van der Waals surface area contributed by atoms with Crippen molar-refractivity contribution < 1.29 is 21.7 Å². The Bertz CT molecular complexity index is 918. The van der Waals surface area contributed by atoms with E-state index in [0.717, 1.165) is 0 Å². The Balaban J connectivity index is 1.71. The molecule has 2 heterocycles. The van der Waals surface area contributed by atoms with Crippen LogP contribution in [0.3, 0.4) is 0 Å². The highest BCUT2D eigenvalue weighted by Crippen LogP contribution is 2.21. The molecule has 9 heteroatoms. The minimum absolute atomic E-state index is 0.0641. The standard InChI is InChI=1S/C14H10BrFN2O4S/c15-13-5-6-14(21-13)23(19,20)17-8-11-7-12(22-18-11)9-1-3-10(16)4-2-9/h1-7,17H,8H2. The lowest BCUT2D eigenvalue weighted by Gasteiger charge is -2.00. The van der Waals surface area contributed by atoms with E-state index in [0.29, 0.717) is 21.7 Å². The molecule has 0 fully saturated rings. The van der Waals surface area contributed by atoms with E-state index in [4.69, 9.17) is 8.94 Å². The van der Waals surface area contributed by atoms with E-state index in [2.05, 4.69) is 25.8 Å². The molecule has 0 saturated carbocycles. The van der Waals surface area contributed by atoms with Crippen LogP contribution in [-0.4, -0.2) is 13.6 Å². The molecule has 120 valence electrons. The molecule has 3 aromatic rings. The van der Waals surface area contributed by atoms with Crippen LogP contribution in [0.15, 0.2) is 61.2 Å². The van der Waals surface area contributed by atoms with Gasteiger partial charge in [0.1, 0.15) is 5.82 Å². The minimum atomic E-state index is -3.78. The molecule has 3 rings (SSSR count). The van der Waals surface area contributed by atoms with Gasteiger partial charge in [-0.2, -0.15) is 0 Å². The van der Waals surface area contributed by atoms with E-state index in [1.165, 1.54) is 24.3 Å². The van der Waals surface area contributed by atoms with E-state index >= 15 is 0 Å². The summed E-state index contributed by atoms with van der Waals surface area (Å²) in [4.78, 5) is 0. The van der Waals surface area contributed by atoms with E-state index < -0.39 is 10.0 Å². The monoisotopic (exact) mass is 400 g/mol. The second kappa shape index (κ2) is 6.26. The number of sulfonamides is 1. The predicted molar refractivity (Wildman–Crippen MR) is 82.3 cm³/mol. The molecule has 0 atom stereocenters. The Morgan fingerprint density at radius 1 is 1.17 bits per heavy atom. The summed E-state index contributed by atoms with van der Waals surface area (Å²) < 4.78 is 49.7. The van der Waals surface area contributed by atoms with E-state index in [-0.39, 0.29) is 17.5 Å². The summed E-state index contributed by atoms with van der Waals surface area (Å²) in [5, 5.41) is 3.58. The molecule has 0 spiro atoms. The highest BCUT2D eigenvalue weighted by molar-refractivity contribution is 9.10. The maximum atomic E-state index is 12.9. The van der Waals surface area contributed by atoms with Crippen LogP contribution >= 0.6 is 15.9 Å². The number of hydrogen-bond acceptors (Lipinski definition) is 5. The zero-order valence-electron chi connectivity index (χ0n) is 11.5. The number of rotatable bonds is 5. The van der Waals surface area contributed by atoms with Crippen LogP contribution in [-0.2, 0) is 16.6 Å².